The van der Waals surface area contributed by atoms with Crippen LogP contribution >= 0.6 is 0 Å². The van der Waals surface area contributed by atoms with Gasteiger partial charge in [-0.2, -0.15) is 5.26 Å². The molecule has 0 saturated carbocycles. The van der Waals surface area contributed by atoms with Crippen LogP contribution in [-0.2, 0) is 11.3 Å². The first-order valence-corrected chi connectivity index (χ1v) is 9.94. The number of halogens is 1. The van der Waals surface area contributed by atoms with E-state index in [1.807, 2.05) is 41.0 Å². The monoisotopic (exact) mass is 440 g/mol. The maximum absolute atomic E-state index is 13.6. The van der Waals surface area contributed by atoms with Gasteiger partial charge in [0, 0.05) is 47.0 Å². The topological polar surface area (TPSA) is 101 Å². The number of non-ortho nitro benzene ring substituents is 1. The molecule has 1 heterocycles. The van der Waals surface area contributed by atoms with Crippen LogP contribution in [-0.4, -0.2) is 15.4 Å². The van der Waals surface area contributed by atoms with E-state index in [2.05, 4.69) is 5.32 Å². The largest absolute Gasteiger partial charge is 0.342 e. The molecule has 0 aliphatic carbocycles. The first kappa shape index (κ1) is 21.5. The Kier molecular flexibility index (Phi) is 5.96. The number of fused-ring (bicyclic) bond motifs is 1. The second-order valence-electron chi connectivity index (χ2n) is 7.29. The van der Waals surface area contributed by atoms with Crippen LogP contribution in [0, 0.1) is 27.3 Å². The average Bonchev–Trinajstić information content (AvgIpc) is 3.14. The summed E-state index contributed by atoms with van der Waals surface area (Å²) in [6, 6.07) is 21.2. The summed E-state index contributed by atoms with van der Waals surface area (Å²) in [6.07, 6.45) is 3.27. The summed E-state index contributed by atoms with van der Waals surface area (Å²) in [7, 11) is 0. The molecule has 1 aromatic heterocycles. The standard InChI is InChI=1S/C25H17FN4O3/c26-20-6-3-5-17(11-20)15-29-16-19(23-9-1-2-10-24(23)29)12-18(14-27)25(31)28-21-7-4-8-22(13-21)30(32)33/h1-13,16H,15H2,(H,28,31)/b18-12+. The lowest BCUT2D eigenvalue weighted by atomic mass is 10.1. The van der Waals surface area contributed by atoms with E-state index in [4.69, 9.17) is 0 Å². The molecule has 0 saturated heterocycles. The van der Waals surface area contributed by atoms with Gasteiger partial charge < -0.3 is 9.88 Å². The SMILES string of the molecule is N#C/C(=C\c1cn(Cc2cccc(F)c2)c2ccccc12)C(=O)Nc1cccc([N+](=O)[O-])c1. The van der Waals surface area contributed by atoms with E-state index in [-0.39, 0.29) is 22.8 Å². The Bertz CT molecular complexity index is 1450. The highest BCUT2D eigenvalue weighted by atomic mass is 19.1. The summed E-state index contributed by atoms with van der Waals surface area (Å²) >= 11 is 0. The quantitative estimate of drug-likeness (QED) is 0.191. The van der Waals surface area contributed by atoms with E-state index in [0.717, 1.165) is 16.5 Å². The fourth-order valence-electron chi connectivity index (χ4n) is 3.55. The summed E-state index contributed by atoms with van der Waals surface area (Å²) in [5.41, 5.74) is 2.17. The number of nitriles is 1. The number of benzene rings is 3. The first-order chi connectivity index (χ1) is 15.9. The zero-order valence-corrected chi connectivity index (χ0v) is 17.2. The lowest BCUT2D eigenvalue weighted by molar-refractivity contribution is -0.384. The Balaban J connectivity index is 1.66. The Hall–Kier alpha value is -4.77. The fourth-order valence-corrected chi connectivity index (χ4v) is 3.55. The van der Waals surface area contributed by atoms with Crippen LogP contribution in [0.3, 0.4) is 0 Å². The number of amides is 1. The number of anilines is 1. The van der Waals surface area contributed by atoms with E-state index < -0.39 is 10.8 Å². The number of aromatic nitrogens is 1. The predicted molar refractivity (Wildman–Crippen MR) is 123 cm³/mol. The van der Waals surface area contributed by atoms with Crippen LogP contribution in [0.4, 0.5) is 15.8 Å². The minimum Gasteiger partial charge on any atom is -0.342 e. The zero-order chi connectivity index (χ0) is 23.4. The molecular formula is C25H17FN4O3. The maximum atomic E-state index is 13.6. The first-order valence-electron chi connectivity index (χ1n) is 9.94. The number of hydrogen-bond donors (Lipinski definition) is 1. The highest BCUT2D eigenvalue weighted by Gasteiger charge is 2.14. The normalized spacial score (nSPS) is 11.2. The van der Waals surface area contributed by atoms with Crippen LogP contribution in [0.5, 0.6) is 0 Å². The van der Waals surface area contributed by atoms with Gasteiger partial charge >= 0.3 is 0 Å². The van der Waals surface area contributed by atoms with Crippen molar-refractivity contribution in [1.29, 1.82) is 5.26 Å². The molecular weight excluding hydrogens is 423 g/mol. The van der Waals surface area contributed by atoms with Crippen molar-refractivity contribution in [2.24, 2.45) is 0 Å². The molecule has 0 radical (unpaired) electrons. The molecule has 7 nitrogen and oxygen atoms in total. The third-order valence-corrected chi connectivity index (χ3v) is 5.04. The third-order valence-electron chi connectivity index (χ3n) is 5.04. The lowest BCUT2D eigenvalue weighted by Crippen LogP contribution is -2.13. The van der Waals surface area contributed by atoms with Crippen molar-refractivity contribution in [1.82, 2.24) is 4.57 Å². The fraction of sp³-hybridized carbons (Fsp3) is 0.0400. The van der Waals surface area contributed by atoms with E-state index >= 15 is 0 Å². The summed E-state index contributed by atoms with van der Waals surface area (Å²) in [4.78, 5) is 23.1. The van der Waals surface area contributed by atoms with E-state index in [1.54, 1.807) is 12.3 Å². The third kappa shape index (κ3) is 4.78. The Morgan fingerprint density at radius 2 is 1.91 bits per heavy atom. The Labute approximate surface area is 188 Å². The van der Waals surface area contributed by atoms with Crippen molar-refractivity contribution in [3.63, 3.8) is 0 Å². The van der Waals surface area contributed by atoms with Gasteiger partial charge in [-0.1, -0.05) is 36.4 Å². The van der Waals surface area contributed by atoms with Crippen molar-refractivity contribution in [3.05, 3.63) is 112 Å². The molecule has 4 aromatic rings. The number of para-hydroxylation sites is 1. The van der Waals surface area contributed by atoms with Gasteiger partial charge in [0.2, 0.25) is 0 Å². The van der Waals surface area contributed by atoms with Gasteiger partial charge in [-0.3, -0.25) is 14.9 Å². The van der Waals surface area contributed by atoms with Crippen molar-refractivity contribution in [3.8, 4) is 6.07 Å². The molecule has 1 N–H and O–H groups in total. The minimum absolute atomic E-state index is 0.157. The highest BCUT2D eigenvalue weighted by Crippen LogP contribution is 2.25. The number of nitro groups is 1. The molecule has 0 atom stereocenters. The van der Waals surface area contributed by atoms with Crippen LogP contribution in [0.2, 0.25) is 0 Å². The van der Waals surface area contributed by atoms with Crippen LogP contribution in [0.25, 0.3) is 17.0 Å². The van der Waals surface area contributed by atoms with Crippen molar-refractivity contribution in [2.75, 3.05) is 5.32 Å². The second-order valence-corrected chi connectivity index (χ2v) is 7.29. The number of rotatable bonds is 6. The molecule has 4 rings (SSSR count). The minimum atomic E-state index is -0.681. The molecule has 0 aliphatic heterocycles. The van der Waals surface area contributed by atoms with Crippen LogP contribution in [0.1, 0.15) is 11.1 Å². The van der Waals surface area contributed by atoms with Gasteiger partial charge in [0.1, 0.15) is 17.5 Å². The van der Waals surface area contributed by atoms with E-state index in [9.17, 15) is 24.6 Å². The number of nitrogens with one attached hydrogen (secondary N) is 1. The molecule has 162 valence electrons. The van der Waals surface area contributed by atoms with Gasteiger partial charge in [0.05, 0.1) is 4.92 Å². The summed E-state index contributed by atoms with van der Waals surface area (Å²) in [5, 5.41) is 23.9. The number of nitrogens with zero attached hydrogens (tertiary/aromatic N) is 3. The Morgan fingerprint density at radius 1 is 1.12 bits per heavy atom. The van der Waals surface area contributed by atoms with Gasteiger partial charge in [0.15, 0.2) is 0 Å². The zero-order valence-electron chi connectivity index (χ0n) is 17.2. The number of nitro benzene ring substituents is 1. The van der Waals surface area contributed by atoms with Gasteiger partial charge in [-0.25, -0.2) is 4.39 Å². The maximum Gasteiger partial charge on any atom is 0.271 e. The van der Waals surface area contributed by atoms with Gasteiger partial charge in [-0.05, 0) is 35.9 Å². The number of hydrogen-bond acceptors (Lipinski definition) is 4. The molecule has 1 amide bonds. The summed E-state index contributed by atoms with van der Waals surface area (Å²) < 4.78 is 15.5. The highest BCUT2D eigenvalue weighted by molar-refractivity contribution is 6.10. The van der Waals surface area contributed by atoms with Crippen LogP contribution in [0.15, 0.2) is 84.6 Å². The number of carbonyl (C=O) groups is 1. The average molecular weight is 440 g/mol. The molecule has 0 fully saturated rings. The predicted octanol–water partition coefficient (Wildman–Crippen LogP) is 5.28. The number of carbonyl (C=O) groups excluding carboxylic acids is 1. The van der Waals surface area contributed by atoms with Gasteiger partial charge in [-0.15, -0.1) is 0 Å². The van der Waals surface area contributed by atoms with E-state index in [1.165, 1.54) is 42.5 Å². The van der Waals surface area contributed by atoms with Crippen molar-refractivity contribution in [2.45, 2.75) is 6.54 Å². The molecule has 0 bridgehead atoms. The van der Waals surface area contributed by atoms with Crippen LogP contribution < -0.4 is 5.32 Å². The molecule has 33 heavy (non-hydrogen) atoms. The molecule has 0 aliphatic rings. The Morgan fingerprint density at radius 3 is 2.67 bits per heavy atom. The summed E-state index contributed by atoms with van der Waals surface area (Å²) in [6.45, 7) is 0.411. The lowest BCUT2D eigenvalue weighted by Gasteiger charge is -2.05. The van der Waals surface area contributed by atoms with Crippen molar-refractivity contribution < 1.29 is 14.1 Å². The smallest absolute Gasteiger partial charge is 0.271 e. The second kappa shape index (κ2) is 9.16. The summed E-state index contributed by atoms with van der Waals surface area (Å²) in [5.74, 6) is -1.01. The van der Waals surface area contributed by atoms with Crippen molar-refractivity contribution >= 4 is 34.3 Å². The molecule has 0 spiro atoms. The molecule has 3 aromatic carbocycles. The molecule has 8 heteroatoms. The van der Waals surface area contributed by atoms with E-state index in [0.29, 0.717) is 12.1 Å². The van der Waals surface area contributed by atoms with Gasteiger partial charge in [0.25, 0.3) is 11.6 Å². The molecule has 0 unspecified atom stereocenters.